The molecule has 5 rings (SSSR count). The van der Waals surface area contributed by atoms with Gasteiger partial charge in [-0.1, -0.05) is 55.3 Å². The van der Waals surface area contributed by atoms with E-state index in [4.69, 9.17) is 9.15 Å². The highest BCUT2D eigenvalue weighted by Crippen LogP contribution is 2.42. The molecule has 47 heavy (non-hydrogen) atoms. The van der Waals surface area contributed by atoms with Crippen LogP contribution < -0.4 is 10.6 Å². The highest BCUT2D eigenvalue weighted by molar-refractivity contribution is 5.96. The minimum atomic E-state index is -1.14. The number of carbonyl (C=O) groups excluding carboxylic acids is 2. The van der Waals surface area contributed by atoms with E-state index in [0.717, 1.165) is 24.0 Å². The topological polar surface area (TPSA) is 130 Å². The van der Waals surface area contributed by atoms with Gasteiger partial charge in [0.1, 0.15) is 17.0 Å². The first-order valence-corrected chi connectivity index (χ1v) is 15.8. The molecule has 2 atom stereocenters. The molecule has 1 aromatic heterocycles. The van der Waals surface area contributed by atoms with Crippen LogP contribution >= 0.6 is 0 Å². The lowest BCUT2D eigenvalue weighted by atomic mass is 9.79. The number of hydrogen-bond donors (Lipinski definition) is 2. The van der Waals surface area contributed by atoms with Crippen molar-refractivity contribution in [2.45, 2.75) is 89.3 Å². The first kappa shape index (κ1) is 33.3. The Morgan fingerprint density at radius 3 is 2.34 bits per heavy atom. The molecule has 1 saturated carbocycles. The number of nitrogens with zero attached hydrogens (tertiary/aromatic N) is 3. The zero-order valence-electron chi connectivity index (χ0n) is 27.4. The average molecular weight is 638 g/mol. The predicted molar refractivity (Wildman–Crippen MR) is 175 cm³/mol. The Hall–Kier alpha value is -5.04. The molecule has 10 heteroatoms. The van der Waals surface area contributed by atoms with Crippen molar-refractivity contribution in [2.75, 3.05) is 0 Å². The first-order valence-electron chi connectivity index (χ1n) is 15.8. The summed E-state index contributed by atoms with van der Waals surface area (Å²) in [6.07, 6.45) is 2.85. The van der Waals surface area contributed by atoms with Gasteiger partial charge >= 0.3 is 6.09 Å². The van der Waals surface area contributed by atoms with Crippen molar-refractivity contribution in [3.8, 4) is 17.5 Å². The van der Waals surface area contributed by atoms with Crippen LogP contribution in [0.15, 0.2) is 77.2 Å². The van der Waals surface area contributed by atoms with Crippen LogP contribution in [0.5, 0.6) is 0 Å². The molecule has 9 nitrogen and oxygen atoms in total. The molecule has 1 fully saturated rings. The van der Waals surface area contributed by atoms with Crippen molar-refractivity contribution in [2.24, 2.45) is 0 Å². The molecule has 4 aromatic rings. The van der Waals surface area contributed by atoms with E-state index in [1.165, 1.54) is 12.1 Å². The summed E-state index contributed by atoms with van der Waals surface area (Å²) in [5.41, 5.74) is 0.561. The van der Waals surface area contributed by atoms with Crippen LogP contribution in [-0.2, 0) is 22.1 Å². The van der Waals surface area contributed by atoms with Crippen LogP contribution in [0.25, 0.3) is 11.5 Å². The van der Waals surface area contributed by atoms with E-state index in [1.807, 2.05) is 43.3 Å². The van der Waals surface area contributed by atoms with E-state index in [2.05, 4.69) is 26.9 Å². The van der Waals surface area contributed by atoms with E-state index in [9.17, 15) is 19.2 Å². The van der Waals surface area contributed by atoms with Crippen LogP contribution in [0, 0.1) is 17.1 Å². The number of alkyl carbamates (subject to hydrolysis) is 1. The zero-order valence-corrected chi connectivity index (χ0v) is 27.4. The number of rotatable bonds is 9. The normalized spacial score (nSPS) is 16.0. The van der Waals surface area contributed by atoms with E-state index in [0.29, 0.717) is 36.0 Å². The SMILES string of the molecule is C[C@@H](NC(=O)c1cc(-c2nnc([C@](C)(Cc3ccccc3)NC(=O)OC(C)(C)C)o2)cc(C2(C#N)CCCC2)c1)c1ccc(F)cc1. The Bertz CT molecular complexity index is 1770. The van der Waals surface area contributed by atoms with Gasteiger partial charge in [-0.05, 0) is 94.5 Å². The van der Waals surface area contributed by atoms with Gasteiger partial charge in [-0.25, -0.2) is 9.18 Å². The summed E-state index contributed by atoms with van der Waals surface area (Å²) in [4.78, 5) is 26.6. The minimum absolute atomic E-state index is 0.138. The van der Waals surface area contributed by atoms with E-state index < -0.39 is 28.7 Å². The standard InChI is InChI=1S/C37H40FN5O4/c1-24(26-13-15-30(38)16-14-26)40-31(44)27-19-28(21-29(20-27)37(23-39)17-9-10-18-37)32-42-43-33(46-32)36(5,22-25-11-7-6-8-12-25)41-34(45)47-35(2,3)4/h6-8,11-16,19-21,24H,9-10,17-18,22H2,1-5H3,(H,40,44)(H,41,45)/t24-,36+/m1/s1. The van der Waals surface area contributed by atoms with Gasteiger partial charge in [-0.3, -0.25) is 4.79 Å². The molecule has 1 aliphatic rings. The smallest absolute Gasteiger partial charge is 0.408 e. The summed E-state index contributed by atoms with van der Waals surface area (Å²) in [6.45, 7) is 8.96. The lowest BCUT2D eigenvalue weighted by Gasteiger charge is -2.29. The fraction of sp³-hybridized carbons (Fsp3) is 0.378. The average Bonchev–Trinajstić information content (AvgIpc) is 3.72. The molecule has 244 valence electrons. The van der Waals surface area contributed by atoms with Gasteiger partial charge in [-0.15, -0.1) is 10.2 Å². The zero-order chi connectivity index (χ0) is 33.8. The number of amides is 2. The number of hydrogen-bond acceptors (Lipinski definition) is 7. The Kier molecular flexibility index (Phi) is 9.48. The molecule has 2 amide bonds. The van der Waals surface area contributed by atoms with Gasteiger partial charge in [-0.2, -0.15) is 5.26 Å². The Morgan fingerprint density at radius 2 is 1.70 bits per heavy atom. The second-order valence-corrected chi connectivity index (χ2v) is 13.5. The number of nitrogens with one attached hydrogen (secondary N) is 2. The molecule has 0 radical (unpaired) electrons. The number of aromatic nitrogens is 2. The minimum Gasteiger partial charge on any atom is -0.444 e. The largest absolute Gasteiger partial charge is 0.444 e. The third kappa shape index (κ3) is 7.86. The Morgan fingerprint density at radius 1 is 1.02 bits per heavy atom. The van der Waals surface area contributed by atoms with Gasteiger partial charge in [0, 0.05) is 17.5 Å². The second-order valence-electron chi connectivity index (χ2n) is 13.5. The maximum absolute atomic E-state index is 13.6. The third-order valence-corrected chi connectivity index (χ3v) is 8.46. The molecular formula is C37H40FN5O4. The van der Waals surface area contributed by atoms with Gasteiger partial charge < -0.3 is 19.8 Å². The molecule has 0 saturated heterocycles. The molecule has 0 aliphatic heterocycles. The van der Waals surface area contributed by atoms with Crippen LogP contribution in [0.4, 0.5) is 9.18 Å². The lowest BCUT2D eigenvalue weighted by Crippen LogP contribution is -2.47. The molecule has 1 aliphatic carbocycles. The summed E-state index contributed by atoms with van der Waals surface area (Å²) in [6, 6.07) is 22.9. The monoisotopic (exact) mass is 637 g/mol. The fourth-order valence-electron chi connectivity index (χ4n) is 5.99. The van der Waals surface area contributed by atoms with Crippen molar-refractivity contribution < 1.29 is 23.1 Å². The summed E-state index contributed by atoms with van der Waals surface area (Å²) in [5, 5.41) is 24.9. The number of nitriles is 1. The molecule has 0 bridgehead atoms. The van der Waals surface area contributed by atoms with E-state index >= 15 is 0 Å². The third-order valence-electron chi connectivity index (χ3n) is 8.46. The molecule has 3 aromatic carbocycles. The first-order chi connectivity index (χ1) is 22.3. The van der Waals surface area contributed by atoms with Crippen LogP contribution in [-0.4, -0.2) is 27.8 Å². The molecule has 2 N–H and O–H groups in total. The Balaban J connectivity index is 1.52. The van der Waals surface area contributed by atoms with Crippen molar-refractivity contribution >= 4 is 12.0 Å². The van der Waals surface area contributed by atoms with Gasteiger partial charge in [0.2, 0.25) is 11.8 Å². The van der Waals surface area contributed by atoms with Gasteiger partial charge in [0.25, 0.3) is 5.91 Å². The fourth-order valence-corrected chi connectivity index (χ4v) is 5.99. The van der Waals surface area contributed by atoms with E-state index in [1.54, 1.807) is 52.0 Å². The van der Waals surface area contributed by atoms with E-state index in [-0.39, 0.29) is 23.5 Å². The van der Waals surface area contributed by atoms with Crippen molar-refractivity contribution in [1.29, 1.82) is 5.26 Å². The quantitative estimate of drug-likeness (QED) is 0.192. The van der Waals surface area contributed by atoms with Crippen LogP contribution in [0.3, 0.4) is 0 Å². The van der Waals surface area contributed by atoms with Crippen LogP contribution in [0.2, 0.25) is 0 Å². The molecule has 0 unspecified atom stereocenters. The maximum atomic E-state index is 13.6. The highest BCUT2D eigenvalue weighted by Gasteiger charge is 2.39. The number of ether oxygens (including phenoxy) is 1. The van der Waals surface area contributed by atoms with Gasteiger partial charge in [0.05, 0.1) is 17.5 Å². The number of halogens is 1. The maximum Gasteiger partial charge on any atom is 0.408 e. The van der Waals surface area contributed by atoms with Crippen molar-refractivity contribution in [3.63, 3.8) is 0 Å². The number of carbonyl (C=O) groups is 2. The highest BCUT2D eigenvalue weighted by atomic mass is 19.1. The van der Waals surface area contributed by atoms with Gasteiger partial charge in [0.15, 0.2) is 0 Å². The summed E-state index contributed by atoms with van der Waals surface area (Å²) < 4.78 is 25.3. The van der Waals surface area contributed by atoms with Crippen molar-refractivity contribution in [3.05, 3.63) is 107 Å². The molecule has 0 spiro atoms. The molecular weight excluding hydrogens is 597 g/mol. The Labute approximate surface area is 274 Å². The van der Waals surface area contributed by atoms with Crippen LogP contribution in [0.1, 0.15) is 99.3 Å². The second kappa shape index (κ2) is 13.4. The number of benzene rings is 3. The summed E-state index contributed by atoms with van der Waals surface area (Å²) >= 11 is 0. The predicted octanol–water partition coefficient (Wildman–Crippen LogP) is 7.68. The van der Waals surface area contributed by atoms with Crippen molar-refractivity contribution in [1.82, 2.24) is 20.8 Å². The summed E-state index contributed by atoms with van der Waals surface area (Å²) in [5.74, 6) is -0.433. The lowest BCUT2D eigenvalue weighted by molar-refractivity contribution is 0.0443. The molecule has 1 heterocycles. The summed E-state index contributed by atoms with van der Waals surface area (Å²) in [7, 11) is 0.